The normalized spacial score (nSPS) is 10.2. The number of nitrogens with two attached hydrogens (primary N) is 1. The number of nitrogen functional groups attached to an aromatic ring is 1. The molecule has 2 aromatic rings. The highest BCUT2D eigenvalue weighted by Crippen LogP contribution is 2.19. The van der Waals surface area contributed by atoms with Crippen molar-refractivity contribution in [2.75, 3.05) is 17.7 Å². The first-order valence-electron chi connectivity index (χ1n) is 6.65. The summed E-state index contributed by atoms with van der Waals surface area (Å²) < 4.78 is 18.2. The Morgan fingerprint density at radius 1 is 1.26 bits per heavy atom. The van der Waals surface area contributed by atoms with E-state index in [1.54, 1.807) is 13.0 Å². The maximum atomic E-state index is 13.4. The molecule has 0 atom stereocenters. The Labute approximate surface area is 137 Å². The molecule has 2 aromatic carbocycles. The fourth-order valence-corrected chi connectivity index (χ4v) is 1.98. The van der Waals surface area contributed by atoms with Gasteiger partial charge in [0.15, 0.2) is 6.61 Å². The first-order chi connectivity index (χ1) is 10.9. The van der Waals surface area contributed by atoms with Gasteiger partial charge in [0, 0.05) is 16.4 Å². The standard InChI is InChI=1S/C16H14ClFN2O3/c1-9-2-4-11(7-13(9)18)20-15(21)8-23-16(22)12-5-3-10(17)6-14(12)19/h2-7H,8,19H2,1H3,(H,20,21). The largest absolute Gasteiger partial charge is 0.452 e. The van der Waals surface area contributed by atoms with E-state index in [-0.39, 0.29) is 16.9 Å². The highest BCUT2D eigenvalue weighted by atomic mass is 35.5. The summed E-state index contributed by atoms with van der Waals surface area (Å²) in [4.78, 5) is 23.6. The van der Waals surface area contributed by atoms with E-state index in [1.165, 1.54) is 30.3 Å². The summed E-state index contributed by atoms with van der Waals surface area (Å²) in [5.41, 5.74) is 6.67. The molecule has 0 aliphatic rings. The number of carbonyl (C=O) groups excluding carboxylic acids is 2. The maximum absolute atomic E-state index is 13.4. The molecule has 0 aliphatic heterocycles. The molecule has 0 bridgehead atoms. The Bertz CT molecular complexity index is 765. The zero-order valence-corrected chi connectivity index (χ0v) is 13.0. The highest BCUT2D eigenvalue weighted by molar-refractivity contribution is 6.31. The molecule has 0 aromatic heterocycles. The van der Waals surface area contributed by atoms with Crippen LogP contribution >= 0.6 is 11.6 Å². The molecule has 1 amide bonds. The predicted octanol–water partition coefficient (Wildman–Crippen LogP) is 3.17. The van der Waals surface area contributed by atoms with E-state index in [4.69, 9.17) is 22.1 Å². The zero-order chi connectivity index (χ0) is 17.0. The number of amides is 1. The summed E-state index contributed by atoms with van der Waals surface area (Å²) in [5.74, 6) is -1.77. The molecule has 0 saturated carbocycles. The van der Waals surface area contributed by atoms with Crippen LogP contribution in [0.4, 0.5) is 15.8 Å². The van der Waals surface area contributed by atoms with Crippen molar-refractivity contribution in [1.29, 1.82) is 0 Å². The summed E-state index contributed by atoms with van der Waals surface area (Å²) in [6.45, 7) is 1.09. The van der Waals surface area contributed by atoms with Gasteiger partial charge in [0.05, 0.1) is 5.56 Å². The highest BCUT2D eigenvalue weighted by Gasteiger charge is 2.14. The molecule has 0 heterocycles. The Kier molecular flexibility index (Phi) is 5.18. The van der Waals surface area contributed by atoms with Gasteiger partial charge < -0.3 is 15.8 Å². The number of hydrogen-bond acceptors (Lipinski definition) is 4. The molecular weight excluding hydrogens is 323 g/mol. The van der Waals surface area contributed by atoms with Crippen LogP contribution in [0.5, 0.6) is 0 Å². The second-order valence-electron chi connectivity index (χ2n) is 4.82. The lowest BCUT2D eigenvalue weighted by molar-refractivity contribution is -0.119. The van der Waals surface area contributed by atoms with Crippen molar-refractivity contribution in [2.45, 2.75) is 6.92 Å². The van der Waals surface area contributed by atoms with Crippen molar-refractivity contribution in [3.05, 3.63) is 58.4 Å². The fourth-order valence-electron chi connectivity index (χ4n) is 1.80. The van der Waals surface area contributed by atoms with Gasteiger partial charge in [-0.1, -0.05) is 17.7 Å². The van der Waals surface area contributed by atoms with Gasteiger partial charge in [-0.15, -0.1) is 0 Å². The summed E-state index contributed by atoms with van der Waals surface area (Å²) in [7, 11) is 0. The van der Waals surface area contributed by atoms with E-state index in [0.29, 0.717) is 10.6 Å². The van der Waals surface area contributed by atoms with E-state index < -0.39 is 24.3 Å². The lowest BCUT2D eigenvalue weighted by atomic mass is 10.2. The third kappa shape index (κ3) is 4.43. The van der Waals surface area contributed by atoms with Crippen molar-refractivity contribution < 1.29 is 18.7 Å². The van der Waals surface area contributed by atoms with Crippen molar-refractivity contribution in [2.24, 2.45) is 0 Å². The third-order valence-corrected chi connectivity index (χ3v) is 3.26. The molecule has 0 aliphatic carbocycles. The molecule has 0 radical (unpaired) electrons. The van der Waals surface area contributed by atoms with Crippen LogP contribution in [-0.4, -0.2) is 18.5 Å². The van der Waals surface area contributed by atoms with Gasteiger partial charge in [0.1, 0.15) is 5.82 Å². The molecule has 0 unspecified atom stereocenters. The summed E-state index contributed by atoms with van der Waals surface area (Å²) >= 11 is 5.74. The van der Waals surface area contributed by atoms with Gasteiger partial charge >= 0.3 is 5.97 Å². The lowest BCUT2D eigenvalue weighted by Gasteiger charge is -2.08. The predicted molar refractivity (Wildman–Crippen MR) is 85.9 cm³/mol. The molecule has 0 fully saturated rings. The van der Waals surface area contributed by atoms with Gasteiger partial charge in [0.2, 0.25) is 0 Å². The Morgan fingerprint density at radius 2 is 2.00 bits per heavy atom. The van der Waals surface area contributed by atoms with Crippen LogP contribution in [-0.2, 0) is 9.53 Å². The first-order valence-corrected chi connectivity index (χ1v) is 7.03. The van der Waals surface area contributed by atoms with Gasteiger partial charge in [-0.3, -0.25) is 4.79 Å². The summed E-state index contributed by atoms with van der Waals surface area (Å²) in [5, 5.41) is 2.82. The summed E-state index contributed by atoms with van der Waals surface area (Å²) in [6.07, 6.45) is 0. The Balaban J connectivity index is 1.93. The average molecular weight is 337 g/mol. The molecule has 0 spiro atoms. The molecule has 2 rings (SSSR count). The van der Waals surface area contributed by atoms with Crippen molar-refractivity contribution in [3.8, 4) is 0 Å². The second-order valence-corrected chi connectivity index (χ2v) is 5.26. The number of benzene rings is 2. The van der Waals surface area contributed by atoms with E-state index in [0.717, 1.165) is 0 Å². The number of esters is 1. The molecule has 0 saturated heterocycles. The van der Waals surface area contributed by atoms with E-state index in [2.05, 4.69) is 5.32 Å². The van der Waals surface area contributed by atoms with Crippen molar-refractivity contribution in [3.63, 3.8) is 0 Å². The van der Waals surface area contributed by atoms with Gasteiger partial charge in [-0.05, 0) is 42.8 Å². The van der Waals surface area contributed by atoms with Crippen molar-refractivity contribution >= 4 is 34.9 Å². The number of ether oxygens (including phenoxy) is 1. The van der Waals surface area contributed by atoms with Crippen LogP contribution in [0.2, 0.25) is 5.02 Å². The maximum Gasteiger partial charge on any atom is 0.340 e. The molecular formula is C16H14ClFN2O3. The van der Waals surface area contributed by atoms with Gasteiger partial charge in [0.25, 0.3) is 5.91 Å². The lowest BCUT2D eigenvalue weighted by Crippen LogP contribution is -2.21. The third-order valence-electron chi connectivity index (χ3n) is 3.02. The number of nitrogens with one attached hydrogen (secondary N) is 1. The number of hydrogen-bond donors (Lipinski definition) is 2. The van der Waals surface area contributed by atoms with Gasteiger partial charge in [-0.25, -0.2) is 9.18 Å². The SMILES string of the molecule is Cc1ccc(NC(=O)COC(=O)c2ccc(Cl)cc2N)cc1F. The number of rotatable bonds is 4. The van der Waals surface area contributed by atoms with E-state index in [9.17, 15) is 14.0 Å². The average Bonchev–Trinajstić information content (AvgIpc) is 2.48. The fraction of sp³-hybridized carbons (Fsp3) is 0.125. The molecule has 120 valence electrons. The minimum atomic E-state index is -0.746. The minimum absolute atomic E-state index is 0.114. The Morgan fingerprint density at radius 3 is 2.65 bits per heavy atom. The quantitative estimate of drug-likeness (QED) is 0.663. The van der Waals surface area contributed by atoms with E-state index >= 15 is 0 Å². The monoisotopic (exact) mass is 336 g/mol. The number of aryl methyl sites for hydroxylation is 1. The number of anilines is 2. The number of halogens is 2. The van der Waals surface area contributed by atoms with Crippen LogP contribution < -0.4 is 11.1 Å². The van der Waals surface area contributed by atoms with Crippen LogP contribution in [0.25, 0.3) is 0 Å². The number of carbonyl (C=O) groups is 2. The van der Waals surface area contributed by atoms with Crippen LogP contribution in [0, 0.1) is 12.7 Å². The van der Waals surface area contributed by atoms with E-state index in [1.807, 2.05) is 0 Å². The van der Waals surface area contributed by atoms with Crippen LogP contribution in [0.1, 0.15) is 15.9 Å². The zero-order valence-electron chi connectivity index (χ0n) is 12.2. The Hall–Kier alpha value is -2.60. The molecule has 3 N–H and O–H groups in total. The first kappa shape index (κ1) is 16.8. The molecule has 7 heteroatoms. The van der Waals surface area contributed by atoms with Crippen molar-refractivity contribution in [1.82, 2.24) is 0 Å². The van der Waals surface area contributed by atoms with Crippen LogP contribution in [0.15, 0.2) is 36.4 Å². The second kappa shape index (κ2) is 7.11. The topological polar surface area (TPSA) is 81.4 Å². The summed E-state index contributed by atoms with van der Waals surface area (Å²) in [6, 6.07) is 8.58. The molecule has 23 heavy (non-hydrogen) atoms. The van der Waals surface area contributed by atoms with Gasteiger partial charge in [-0.2, -0.15) is 0 Å². The minimum Gasteiger partial charge on any atom is -0.452 e. The van der Waals surface area contributed by atoms with Crippen LogP contribution in [0.3, 0.4) is 0 Å². The smallest absolute Gasteiger partial charge is 0.340 e. The molecule has 5 nitrogen and oxygen atoms in total.